The number of thiophene rings is 1. The Hall–Kier alpha value is -1.21. The molecule has 2 atom stereocenters. The van der Waals surface area contributed by atoms with E-state index in [9.17, 15) is 8.42 Å². The van der Waals surface area contributed by atoms with E-state index < -0.39 is 10.0 Å². The van der Waals surface area contributed by atoms with Gasteiger partial charge in [-0.1, -0.05) is 24.3 Å². The summed E-state index contributed by atoms with van der Waals surface area (Å²) in [6.07, 6.45) is 2.44. The van der Waals surface area contributed by atoms with Crippen LogP contribution < -0.4 is 9.62 Å². The van der Waals surface area contributed by atoms with Gasteiger partial charge in [-0.15, -0.1) is 11.3 Å². The molecule has 2 N–H and O–H groups in total. The predicted octanol–water partition coefficient (Wildman–Crippen LogP) is 1.83. The summed E-state index contributed by atoms with van der Waals surface area (Å²) in [5.74, 6) is 0. The van der Waals surface area contributed by atoms with Crippen LogP contribution in [0.1, 0.15) is 30.7 Å². The van der Waals surface area contributed by atoms with Crippen LogP contribution in [0.3, 0.4) is 0 Å². The number of hydrogen-bond acceptors (Lipinski definition) is 3. The molecule has 0 aliphatic carbocycles. The summed E-state index contributed by atoms with van der Waals surface area (Å²) < 4.78 is 28.1. The van der Waals surface area contributed by atoms with Gasteiger partial charge in [-0.3, -0.25) is 0 Å². The van der Waals surface area contributed by atoms with Gasteiger partial charge in [0.2, 0.25) is 10.0 Å². The lowest BCUT2D eigenvalue weighted by molar-refractivity contribution is -0.920. The normalized spacial score (nSPS) is 18.8. The summed E-state index contributed by atoms with van der Waals surface area (Å²) >= 11 is 1.71. The maximum atomic E-state index is 12.6. The molecule has 1 fully saturated rings. The van der Waals surface area contributed by atoms with Crippen LogP contribution in [0.25, 0.3) is 0 Å². The molecule has 0 radical (unpaired) electrons. The van der Waals surface area contributed by atoms with Crippen molar-refractivity contribution in [1.29, 1.82) is 0 Å². The Kier molecular flexibility index (Phi) is 5.16. The average molecular weight is 352 g/mol. The molecule has 3 rings (SSSR count). The van der Waals surface area contributed by atoms with Gasteiger partial charge in [0.25, 0.3) is 0 Å². The fourth-order valence-corrected chi connectivity index (χ4v) is 5.66. The van der Waals surface area contributed by atoms with Gasteiger partial charge in [0.15, 0.2) is 0 Å². The molecule has 0 amide bonds. The molecule has 2 heterocycles. The summed E-state index contributed by atoms with van der Waals surface area (Å²) in [6.45, 7) is 4.20. The second-order valence-electron chi connectivity index (χ2n) is 6.08. The number of likely N-dealkylation sites (tertiary alicyclic amines) is 1. The summed E-state index contributed by atoms with van der Waals surface area (Å²) in [5, 5.41) is 2.07. The molecule has 1 aromatic carbocycles. The summed E-state index contributed by atoms with van der Waals surface area (Å²) in [6, 6.07) is 12.8. The van der Waals surface area contributed by atoms with Crippen LogP contribution in [0.4, 0.5) is 0 Å². The van der Waals surface area contributed by atoms with Gasteiger partial charge in [0.1, 0.15) is 6.04 Å². The first kappa shape index (κ1) is 16.6. The highest BCUT2D eigenvalue weighted by molar-refractivity contribution is 7.89. The molecular weight excluding hydrogens is 328 g/mol. The Morgan fingerprint density at radius 1 is 1.09 bits per heavy atom. The highest BCUT2D eigenvalue weighted by Gasteiger charge is 2.35. The van der Waals surface area contributed by atoms with Gasteiger partial charge < -0.3 is 4.90 Å². The minimum Gasteiger partial charge on any atom is -0.327 e. The largest absolute Gasteiger partial charge is 0.327 e. The van der Waals surface area contributed by atoms with Crippen molar-refractivity contribution >= 4 is 21.4 Å². The van der Waals surface area contributed by atoms with E-state index in [-0.39, 0.29) is 12.1 Å². The van der Waals surface area contributed by atoms with Crippen LogP contribution in [0.15, 0.2) is 52.7 Å². The van der Waals surface area contributed by atoms with Crippen molar-refractivity contribution in [2.75, 3.05) is 13.1 Å². The van der Waals surface area contributed by atoms with E-state index in [1.54, 1.807) is 35.6 Å². The summed E-state index contributed by atoms with van der Waals surface area (Å²) in [7, 11) is -3.48. The van der Waals surface area contributed by atoms with Crippen LogP contribution in [0, 0.1) is 0 Å². The molecule has 1 aliphatic heterocycles. The van der Waals surface area contributed by atoms with E-state index >= 15 is 0 Å². The minimum atomic E-state index is -3.48. The standard InChI is InChI=1S/C17H22N2O2S2/c1-14(18-23(20,21)15-8-3-2-4-9-15)17(16-10-7-13-22-16)19-11-5-6-12-19/h2-4,7-10,13-14,17-18H,5-6,11-12H2,1H3/p+1/t14-,17+/m0/s1. The van der Waals surface area contributed by atoms with E-state index in [1.165, 1.54) is 22.6 Å². The van der Waals surface area contributed by atoms with Crippen molar-refractivity contribution in [2.45, 2.75) is 36.7 Å². The number of benzene rings is 1. The Morgan fingerprint density at radius 3 is 2.39 bits per heavy atom. The van der Waals surface area contributed by atoms with Gasteiger partial charge in [-0.05, 0) is 30.5 Å². The zero-order valence-electron chi connectivity index (χ0n) is 13.2. The number of rotatable bonds is 6. The number of nitrogens with one attached hydrogen (secondary N) is 2. The third kappa shape index (κ3) is 3.83. The molecule has 1 aromatic heterocycles. The molecule has 23 heavy (non-hydrogen) atoms. The zero-order chi connectivity index (χ0) is 16.3. The van der Waals surface area contributed by atoms with Crippen molar-refractivity contribution < 1.29 is 13.3 Å². The monoisotopic (exact) mass is 351 g/mol. The fourth-order valence-electron chi connectivity index (χ4n) is 3.39. The molecule has 124 valence electrons. The van der Waals surface area contributed by atoms with Crippen molar-refractivity contribution in [3.8, 4) is 0 Å². The highest BCUT2D eigenvalue weighted by Crippen LogP contribution is 2.22. The van der Waals surface area contributed by atoms with E-state index in [2.05, 4.69) is 16.2 Å². The Balaban J connectivity index is 1.82. The topological polar surface area (TPSA) is 50.6 Å². The van der Waals surface area contributed by atoms with Gasteiger partial charge in [0, 0.05) is 12.8 Å². The van der Waals surface area contributed by atoms with Crippen molar-refractivity contribution in [3.05, 3.63) is 52.7 Å². The van der Waals surface area contributed by atoms with Crippen LogP contribution in [-0.4, -0.2) is 27.5 Å². The smallest absolute Gasteiger partial charge is 0.241 e. The number of hydrogen-bond donors (Lipinski definition) is 2. The summed E-state index contributed by atoms with van der Waals surface area (Å²) in [5.41, 5.74) is 0. The van der Waals surface area contributed by atoms with Crippen LogP contribution in [-0.2, 0) is 10.0 Å². The van der Waals surface area contributed by atoms with Crippen molar-refractivity contribution in [1.82, 2.24) is 4.72 Å². The van der Waals surface area contributed by atoms with E-state index in [0.717, 1.165) is 13.1 Å². The van der Waals surface area contributed by atoms with E-state index in [1.807, 2.05) is 19.1 Å². The highest BCUT2D eigenvalue weighted by atomic mass is 32.2. The lowest BCUT2D eigenvalue weighted by Gasteiger charge is -2.29. The van der Waals surface area contributed by atoms with E-state index in [0.29, 0.717) is 4.90 Å². The Morgan fingerprint density at radius 2 is 1.78 bits per heavy atom. The lowest BCUT2D eigenvalue weighted by Crippen LogP contribution is -3.11. The molecule has 0 saturated carbocycles. The van der Waals surface area contributed by atoms with Gasteiger partial charge >= 0.3 is 0 Å². The van der Waals surface area contributed by atoms with Crippen LogP contribution in [0.2, 0.25) is 0 Å². The van der Waals surface area contributed by atoms with Crippen molar-refractivity contribution in [3.63, 3.8) is 0 Å². The lowest BCUT2D eigenvalue weighted by atomic mass is 10.1. The summed E-state index contributed by atoms with van der Waals surface area (Å²) in [4.78, 5) is 3.06. The molecule has 1 aliphatic rings. The van der Waals surface area contributed by atoms with Gasteiger partial charge in [-0.2, -0.15) is 0 Å². The SMILES string of the molecule is C[C@H](NS(=O)(=O)c1ccccc1)[C@H](c1cccs1)[NH+]1CCCC1. The second kappa shape index (κ2) is 7.13. The molecule has 1 saturated heterocycles. The Bertz CT molecular complexity index is 708. The molecule has 0 unspecified atom stereocenters. The fraction of sp³-hybridized carbons (Fsp3) is 0.412. The number of sulfonamides is 1. The average Bonchev–Trinajstić information content (AvgIpc) is 3.22. The molecule has 0 bridgehead atoms. The molecule has 4 nitrogen and oxygen atoms in total. The van der Waals surface area contributed by atoms with Gasteiger partial charge in [0.05, 0.1) is 28.9 Å². The third-order valence-electron chi connectivity index (χ3n) is 4.43. The number of quaternary nitrogens is 1. The maximum absolute atomic E-state index is 12.6. The van der Waals surface area contributed by atoms with Crippen LogP contribution >= 0.6 is 11.3 Å². The second-order valence-corrected chi connectivity index (χ2v) is 8.77. The minimum absolute atomic E-state index is 0.146. The van der Waals surface area contributed by atoms with E-state index in [4.69, 9.17) is 0 Å². The zero-order valence-corrected chi connectivity index (χ0v) is 14.9. The first-order chi connectivity index (χ1) is 11.1. The van der Waals surface area contributed by atoms with Crippen molar-refractivity contribution in [2.24, 2.45) is 0 Å². The Labute approximate surface area is 142 Å². The van der Waals surface area contributed by atoms with Gasteiger partial charge in [-0.25, -0.2) is 13.1 Å². The molecule has 6 heteroatoms. The van der Waals surface area contributed by atoms with Crippen LogP contribution in [0.5, 0.6) is 0 Å². The first-order valence-corrected chi connectivity index (χ1v) is 10.4. The molecule has 2 aromatic rings. The quantitative estimate of drug-likeness (QED) is 0.834. The predicted molar refractivity (Wildman–Crippen MR) is 93.2 cm³/mol. The third-order valence-corrected chi connectivity index (χ3v) is 6.96. The maximum Gasteiger partial charge on any atom is 0.241 e. The molecular formula is C17H23N2O2S2+. The molecule has 0 spiro atoms. The first-order valence-electron chi connectivity index (χ1n) is 8.03.